The molecule has 0 unspecified atom stereocenters. The molecule has 5 heteroatoms. The lowest BCUT2D eigenvalue weighted by molar-refractivity contribution is -0.132. The first-order valence-corrected chi connectivity index (χ1v) is 8.47. The normalized spacial score (nSPS) is 19.4. The number of carbonyl (C=O) groups excluding carboxylic acids is 1. The molecule has 1 amide bonds. The van der Waals surface area contributed by atoms with Gasteiger partial charge in [-0.05, 0) is 12.5 Å². The van der Waals surface area contributed by atoms with Crippen LogP contribution in [0.2, 0.25) is 0 Å². The number of nitrogens with zero attached hydrogens (tertiary/aromatic N) is 3. The van der Waals surface area contributed by atoms with Gasteiger partial charge in [0.1, 0.15) is 0 Å². The molecule has 1 aliphatic rings. The number of hydrogen-bond donors (Lipinski definition) is 0. The zero-order chi connectivity index (χ0) is 15.5. The molecule has 2 aromatic rings. The van der Waals surface area contributed by atoms with Gasteiger partial charge in [0.05, 0.1) is 16.7 Å². The van der Waals surface area contributed by atoms with E-state index in [2.05, 4.69) is 39.5 Å². The zero-order valence-corrected chi connectivity index (χ0v) is 13.8. The van der Waals surface area contributed by atoms with Crippen LogP contribution in [-0.4, -0.2) is 40.3 Å². The molecule has 1 aromatic carbocycles. The largest absolute Gasteiger partial charge is 0.340 e. The third-order valence-electron chi connectivity index (χ3n) is 4.15. The van der Waals surface area contributed by atoms with Crippen LogP contribution in [0.15, 0.2) is 35.7 Å². The van der Waals surface area contributed by atoms with Gasteiger partial charge in [0, 0.05) is 38.5 Å². The highest BCUT2D eigenvalue weighted by atomic mass is 32.1. The van der Waals surface area contributed by atoms with Crippen LogP contribution >= 0.6 is 11.3 Å². The third kappa shape index (κ3) is 3.36. The second-order valence-electron chi connectivity index (χ2n) is 5.72. The van der Waals surface area contributed by atoms with E-state index < -0.39 is 0 Å². The Hall–Kier alpha value is -1.72. The Bertz CT molecular complexity index is 640. The molecule has 1 aliphatic heterocycles. The molecular weight excluding hydrogens is 294 g/mol. The van der Waals surface area contributed by atoms with Gasteiger partial charge in [0.25, 0.3) is 0 Å². The van der Waals surface area contributed by atoms with E-state index in [1.54, 1.807) is 18.3 Å². The SMILES string of the molecule is CC(=O)N1CCN(Cc2csc(C)n2)[C@H](c2ccccc2)C1. The summed E-state index contributed by atoms with van der Waals surface area (Å²) >= 11 is 1.69. The van der Waals surface area contributed by atoms with Gasteiger partial charge in [-0.15, -0.1) is 11.3 Å². The van der Waals surface area contributed by atoms with Crippen molar-refractivity contribution < 1.29 is 4.79 Å². The number of amides is 1. The number of rotatable bonds is 3. The topological polar surface area (TPSA) is 36.4 Å². The van der Waals surface area contributed by atoms with Crippen molar-refractivity contribution in [2.45, 2.75) is 26.4 Å². The van der Waals surface area contributed by atoms with E-state index in [4.69, 9.17) is 0 Å². The fraction of sp³-hybridized carbons (Fsp3) is 0.412. The van der Waals surface area contributed by atoms with Crippen LogP contribution in [-0.2, 0) is 11.3 Å². The van der Waals surface area contributed by atoms with Crippen LogP contribution in [0, 0.1) is 6.92 Å². The lowest BCUT2D eigenvalue weighted by Crippen LogP contribution is -2.49. The van der Waals surface area contributed by atoms with E-state index in [9.17, 15) is 4.79 Å². The summed E-state index contributed by atoms with van der Waals surface area (Å²) in [6.07, 6.45) is 0. The van der Waals surface area contributed by atoms with Gasteiger partial charge >= 0.3 is 0 Å². The summed E-state index contributed by atoms with van der Waals surface area (Å²) in [6, 6.07) is 10.7. The lowest BCUT2D eigenvalue weighted by atomic mass is 10.0. The van der Waals surface area contributed by atoms with Crippen molar-refractivity contribution in [3.63, 3.8) is 0 Å². The maximum absolute atomic E-state index is 11.7. The first-order valence-electron chi connectivity index (χ1n) is 7.59. The molecule has 0 spiro atoms. The van der Waals surface area contributed by atoms with E-state index in [0.29, 0.717) is 0 Å². The van der Waals surface area contributed by atoms with E-state index in [0.717, 1.165) is 36.9 Å². The number of hydrogen-bond acceptors (Lipinski definition) is 4. The molecule has 0 saturated carbocycles. The number of thiazole rings is 1. The molecule has 1 atom stereocenters. The molecular formula is C17H21N3OS. The Balaban J connectivity index is 1.82. The highest BCUT2D eigenvalue weighted by Gasteiger charge is 2.29. The highest BCUT2D eigenvalue weighted by Crippen LogP contribution is 2.27. The first kappa shape index (κ1) is 15.2. The summed E-state index contributed by atoms with van der Waals surface area (Å²) in [5, 5.41) is 3.24. The number of benzene rings is 1. The minimum atomic E-state index is 0.157. The maximum atomic E-state index is 11.7. The minimum Gasteiger partial charge on any atom is -0.340 e. The van der Waals surface area contributed by atoms with Crippen LogP contribution in [0.3, 0.4) is 0 Å². The molecule has 0 radical (unpaired) electrons. The third-order valence-corrected chi connectivity index (χ3v) is 4.97. The average molecular weight is 315 g/mol. The Labute approximate surface area is 135 Å². The second-order valence-corrected chi connectivity index (χ2v) is 6.78. The molecule has 116 valence electrons. The predicted molar refractivity (Wildman–Crippen MR) is 88.7 cm³/mol. The quantitative estimate of drug-likeness (QED) is 0.874. The summed E-state index contributed by atoms with van der Waals surface area (Å²) < 4.78 is 0. The summed E-state index contributed by atoms with van der Waals surface area (Å²) in [4.78, 5) is 20.7. The zero-order valence-electron chi connectivity index (χ0n) is 13.0. The summed E-state index contributed by atoms with van der Waals surface area (Å²) in [5.41, 5.74) is 2.39. The number of aryl methyl sites for hydroxylation is 1. The average Bonchev–Trinajstić information content (AvgIpc) is 2.93. The van der Waals surface area contributed by atoms with E-state index in [1.807, 2.05) is 17.9 Å². The smallest absolute Gasteiger partial charge is 0.219 e. The van der Waals surface area contributed by atoms with Crippen LogP contribution < -0.4 is 0 Å². The van der Waals surface area contributed by atoms with Gasteiger partial charge in [-0.3, -0.25) is 9.69 Å². The standard InChI is InChI=1S/C17H21N3OS/c1-13-18-16(12-22-13)10-20-9-8-19(14(2)21)11-17(20)15-6-4-3-5-7-15/h3-7,12,17H,8-11H2,1-2H3/t17-/m0/s1. The lowest BCUT2D eigenvalue weighted by Gasteiger charge is -2.41. The Morgan fingerprint density at radius 2 is 2.09 bits per heavy atom. The molecule has 22 heavy (non-hydrogen) atoms. The van der Waals surface area contributed by atoms with E-state index >= 15 is 0 Å². The molecule has 1 aromatic heterocycles. The Morgan fingerprint density at radius 3 is 2.73 bits per heavy atom. The molecule has 0 N–H and O–H groups in total. The Morgan fingerprint density at radius 1 is 1.32 bits per heavy atom. The number of carbonyl (C=O) groups is 1. The monoisotopic (exact) mass is 315 g/mol. The van der Waals surface area contributed by atoms with Crippen LogP contribution in [0.4, 0.5) is 0 Å². The molecule has 2 heterocycles. The van der Waals surface area contributed by atoms with Crippen molar-refractivity contribution in [2.24, 2.45) is 0 Å². The van der Waals surface area contributed by atoms with E-state index in [-0.39, 0.29) is 11.9 Å². The van der Waals surface area contributed by atoms with Gasteiger partial charge in [-0.2, -0.15) is 0 Å². The molecule has 1 saturated heterocycles. The molecule has 0 aliphatic carbocycles. The van der Waals surface area contributed by atoms with Gasteiger partial charge in [0.15, 0.2) is 0 Å². The second kappa shape index (κ2) is 6.58. The maximum Gasteiger partial charge on any atom is 0.219 e. The van der Waals surface area contributed by atoms with Crippen LogP contribution in [0.1, 0.15) is 29.2 Å². The first-order chi connectivity index (χ1) is 10.6. The van der Waals surface area contributed by atoms with Gasteiger partial charge < -0.3 is 4.90 Å². The van der Waals surface area contributed by atoms with Gasteiger partial charge in [-0.1, -0.05) is 30.3 Å². The summed E-state index contributed by atoms with van der Waals surface area (Å²) in [5.74, 6) is 0.157. The van der Waals surface area contributed by atoms with Crippen molar-refractivity contribution in [1.29, 1.82) is 0 Å². The summed E-state index contributed by atoms with van der Waals surface area (Å²) in [7, 11) is 0. The highest BCUT2D eigenvalue weighted by molar-refractivity contribution is 7.09. The number of aromatic nitrogens is 1. The van der Waals surface area contributed by atoms with E-state index in [1.165, 1.54) is 5.56 Å². The van der Waals surface area contributed by atoms with Gasteiger partial charge in [-0.25, -0.2) is 4.98 Å². The van der Waals surface area contributed by atoms with Crippen molar-refractivity contribution in [1.82, 2.24) is 14.8 Å². The molecule has 3 rings (SSSR count). The van der Waals surface area contributed by atoms with Crippen molar-refractivity contribution >= 4 is 17.2 Å². The molecule has 1 fully saturated rings. The fourth-order valence-corrected chi connectivity index (χ4v) is 3.58. The van der Waals surface area contributed by atoms with Crippen LogP contribution in [0.25, 0.3) is 0 Å². The van der Waals surface area contributed by atoms with Crippen molar-refractivity contribution in [3.05, 3.63) is 52.0 Å². The van der Waals surface area contributed by atoms with Crippen LogP contribution in [0.5, 0.6) is 0 Å². The predicted octanol–water partition coefficient (Wildman–Crippen LogP) is 2.86. The fourth-order valence-electron chi connectivity index (χ4n) is 2.98. The van der Waals surface area contributed by atoms with Crippen molar-refractivity contribution in [2.75, 3.05) is 19.6 Å². The minimum absolute atomic E-state index is 0.157. The Kier molecular flexibility index (Phi) is 4.55. The van der Waals surface area contributed by atoms with Gasteiger partial charge in [0.2, 0.25) is 5.91 Å². The molecule has 4 nitrogen and oxygen atoms in total. The number of piperazine rings is 1. The summed E-state index contributed by atoms with van der Waals surface area (Å²) in [6.45, 7) is 6.97. The van der Waals surface area contributed by atoms with Crippen molar-refractivity contribution in [3.8, 4) is 0 Å². The molecule has 0 bridgehead atoms.